The normalized spacial score (nSPS) is 21.1. The van der Waals surface area contributed by atoms with Crippen molar-refractivity contribution < 1.29 is 26.4 Å². The van der Waals surface area contributed by atoms with Crippen molar-refractivity contribution in [2.24, 2.45) is 4.40 Å². The number of rotatable bonds is 4. The van der Waals surface area contributed by atoms with Gasteiger partial charge in [0.1, 0.15) is 5.84 Å². The topological polar surface area (TPSA) is 125 Å². The smallest absolute Gasteiger partial charge is 0.257 e. The molecule has 0 atom stereocenters. The average Bonchev–Trinajstić information content (AvgIpc) is 2.74. The van der Waals surface area contributed by atoms with Crippen molar-refractivity contribution in [2.75, 3.05) is 43.9 Å². The van der Waals surface area contributed by atoms with Crippen LogP contribution in [-0.2, 0) is 29.6 Å². The lowest BCUT2D eigenvalue weighted by atomic mass is 10.1. The Morgan fingerprint density at radius 1 is 1.16 bits per heavy atom. The molecule has 166 valence electrons. The first-order valence-corrected chi connectivity index (χ1v) is 12.7. The molecule has 3 heterocycles. The SMILES string of the molecule is Cc1ccc(S(=O)(=O)N2CCOCC2)cc1NC(=O)C1=CN2CCS(=O)(=O)N=C2C=C1. The van der Waals surface area contributed by atoms with Gasteiger partial charge in [0, 0.05) is 31.5 Å². The minimum atomic E-state index is -3.70. The van der Waals surface area contributed by atoms with Crippen LogP contribution in [0.15, 0.2) is 51.4 Å². The third-order valence-electron chi connectivity index (χ3n) is 5.15. The molecule has 12 heteroatoms. The highest BCUT2D eigenvalue weighted by Crippen LogP contribution is 2.25. The fourth-order valence-electron chi connectivity index (χ4n) is 3.36. The monoisotopic (exact) mass is 466 g/mol. The highest BCUT2D eigenvalue weighted by molar-refractivity contribution is 7.90. The summed E-state index contributed by atoms with van der Waals surface area (Å²) in [6, 6.07) is 4.62. The van der Waals surface area contributed by atoms with Crippen LogP contribution in [0.3, 0.4) is 0 Å². The summed E-state index contributed by atoms with van der Waals surface area (Å²) in [6.07, 6.45) is 4.49. The summed E-state index contributed by atoms with van der Waals surface area (Å²) in [5.74, 6) is -0.304. The minimum Gasteiger partial charge on any atom is -0.379 e. The Kier molecular flexibility index (Phi) is 5.73. The summed E-state index contributed by atoms with van der Waals surface area (Å²) < 4.78 is 59.3. The van der Waals surface area contributed by atoms with E-state index in [9.17, 15) is 21.6 Å². The van der Waals surface area contributed by atoms with Gasteiger partial charge in [-0.15, -0.1) is 4.40 Å². The Morgan fingerprint density at radius 3 is 2.65 bits per heavy atom. The molecular formula is C19H22N4O6S2. The van der Waals surface area contributed by atoms with Crippen molar-refractivity contribution in [3.63, 3.8) is 0 Å². The Hall–Kier alpha value is -2.54. The molecule has 4 rings (SSSR count). The van der Waals surface area contributed by atoms with Gasteiger partial charge in [-0.2, -0.15) is 4.31 Å². The van der Waals surface area contributed by atoms with E-state index in [1.165, 1.54) is 34.8 Å². The summed E-state index contributed by atoms with van der Waals surface area (Å²) in [6.45, 7) is 3.23. The molecule has 1 aromatic carbocycles. The maximum atomic E-state index is 12.9. The number of nitrogens with one attached hydrogen (secondary N) is 1. The summed E-state index contributed by atoms with van der Waals surface area (Å²) >= 11 is 0. The van der Waals surface area contributed by atoms with Crippen LogP contribution in [0.25, 0.3) is 0 Å². The van der Waals surface area contributed by atoms with E-state index in [0.717, 1.165) is 0 Å². The van der Waals surface area contributed by atoms with Crippen LogP contribution < -0.4 is 5.32 Å². The van der Waals surface area contributed by atoms with Gasteiger partial charge < -0.3 is 15.0 Å². The number of fused-ring (bicyclic) bond motifs is 1. The van der Waals surface area contributed by atoms with Crippen molar-refractivity contribution in [3.05, 3.63) is 47.7 Å². The molecule has 1 aromatic rings. The van der Waals surface area contributed by atoms with Crippen molar-refractivity contribution in [3.8, 4) is 0 Å². The highest BCUT2D eigenvalue weighted by atomic mass is 32.2. The standard InChI is InChI=1S/C19H22N4O6S2/c1-14-2-4-16(31(27,28)23-6-9-29-10-7-23)12-17(14)20-19(24)15-3-5-18-21-30(25,26)11-8-22(18)13-15/h2-5,12-13H,6-11H2,1H3,(H,20,24). The van der Waals surface area contributed by atoms with E-state index in [1.54, 1.807) is 17.9 Å². The number of amidine groups is 1. The number of carbonyl (C=O) groups excluding carboxylic acids is 1. The Balaban J connectivity index is 1.55. The van der Waals surface area contributed by atoms with Crippen LogP contribution >= 0.6 is 0 Å². The molecule has 0 aliphatic carbocycles. The van der Waals surface area contributed by atoms with Gasteiger partial charge in [0.05, 0.1) is 29.4 Å². The molecule has 1 fully saturated rings. The van der Waals surface area contributed by atoms with Gasteiger partial charge >= 0.3 is 0 Å². The number of aryl methyl sites for hydroxylation is 1. The predicted molar refractivity (Wildman–Crippen MR) is 115 cm³/mol. The van der Waals surface area contributed by atoms with E-state index in [-0.39, 0.29) is 36.1 Å². The quantitative estimate of drug-likeness (QED) is 0.683. The van der Waals surface area contributed by atoms with E-state index in [2.05, 4.69) is 9.71 Å². The van der Waals surface area contributed by atoms with Crippen LogP contribution in [0.4, 0.5) is 5.69 Å². The number of amides is 1. The first-order valence-electron chi connectivity index (χ1n) is 9.65. The number of anilines is 1. The van der Waals surface area contributed by atoms with E-state index >= 15 is 0 Å². The molecule has 1 amide bonds. The zero-order chi connectivity index (χ0) is 22.2. The number of hydrogen-bond acceptors (Lipinski definition) is 7. The second-order valence-electron chi connectivity index (χ2n) is 7.29. The van der Waals surface area contributed by atoms with Gasteiger partial charge in [0.25, 0.3) is 15.9 Å². The fraction of sp³-hybridized carbons (Fsp3) is 0.368. The van der Waals surface area contributed by atoms with Gasteiger partial charge in [-0.05, 0) is 36.8 Å². The highest BCUT2D eigenvalue weighted by Gasteiger charge is 2.28. The lowest BCUT2D eigenvalue weighted by molar-refractivity contribution is -0.112. The summed E-state index contributed by atoms with van der Waals surface area (Å²) in [7, 11) is -7.17. The van der Waals surface area contributed by atoms with Crippen LogP contribution in [0, 0.1) is 6.92 Å². The largest absolute Gasteiger partial charge is 0.379 e. The first kappa shape index (κ1) is 21.7. The van der Waals surface area contributed by atoms with Gasteiger partial charge in [-0.25, -0.2) is 16.8 Å². The molecule has 3 aliphatic rings. The van der Waals surface area contributed by atoms with Gasteiger partial charge in [-0.1, -0.05) is 6.07 Å². The molecule has 0 radical (unpaired) electrons. The number of sulfonamides is 2. The molecule has 31 heavy (non-hydrogen) atoms. The minimum absolute atomic E-state index is 0.0964. The average molecular weight is 467 g/mol. The summed E-state index contributed by atoms with van der Waals surface area (Å²) in [5.41, 5.74) is 1.40. The number of morpholine rings is 1. The molecular weight excluding hydrogens is 444 g/mol. The van der Waals surface area contributed by atoms with E-state index in [4.69, 9.17) is 4.74 Å². The molecule has 1 N–H and O–H groups in total. The van der Waals surface area contributed by atoms with Crippen molar-refractivity contribution in [1.82, 2.24) is 9.21 Å². The second kappa shape index (κ2) is 8.19. The van der Waals surface area contributed by atoms with E-state index in [0.29, 0.717) is 30.0 Å². The first-order chi connectivity index (χ1) is 14.7. The Morgan fingerprint density at radius 2 is 1.90 bits per heavy atom. The molecule has 1 saturated heterocycles. The fourth-order valence-corrected chi connectivity index (χ4v) is 5.77. The van der Waals surface area contributed by atoms with Crippen LogP contribution in [0.2, 0.25) is 0 Å². The molecule has 3 aliphatic heterocycles. The Bertz CT molecular complexity index is 1210. The molecule has 0 spiro atoms. The molecule has 0 unspecified atom stereocenters. The van der Waals surface area contributed by atoms with Crippen LogP contribution in [-0.4, -0.2) is 76.4 Å². The molecule has 0 aromatic heterocycles. The zero-order valence-corrected chi connectivity index (χ0v) is 18.4. The van der Waals surface area contributed by atoms with Gasteiger partial charge in [0.2, 0.25) is 10.0 Å². The zero-order valence-electron chi connectivity index (χ0n) is 16.8. The summed E-state index contributed by atoms with van der Waals surface area (Å²) in [4.78, 5) is 14.5. The number of nitrogens with zero attached hydrogens (tertiary/aromatic N) is 3. The van der Waals surface area contributed by atoms with Gasteiger partial charge in [0.15, 0.2) is 0 Å². The number of ether oxygens (including phenoxy) is 1. The summed E-state index contributed by atoms with van der Waals surface area (Å²) in [5, 5.41) is 2.76. The van der Waals surface area contributed by atoms with E-state index < -0.39 is 26.0 Å². The molecule has 0 saturated carbocycles. The maximum Gasteiger partial charge on any atom is 0.257 e. The maximum absolute atomic E-state index is 12.9. The number of hydrogen-bond donors (Lipinski definition) is 1. The van der Waals surface area contributed by atoms with Crippen molar-refractivity contribution >= 4 is 37.5 Å². The van der Waals surface area contributed by atoms with Crippen molar-refractivity contribution in [1.29, 1.82) is 0 Å². The third kappa shape index (κ3) is 4.56. The van der Waals surface area contributed by atoms with Crippen molar-refractivity contribution in [2.45, 2.75) is 11.8 Å². The van der Waals surface area contributed by atoms with Crippen LogP contribution in [0.1, 0.15) is 5.56 Å². The predicted octanol–water partition coefficient (Wildman–Crippen LogP) is 0.452. The molecule has 10 nitrogen and oxygen atoms in total. The van der Waals surface area contributed by atoms with Gasteiger partial charge in [-0.3, -0.25) is 4.79 Å². The van der Waals surface area contributed by atoms with E-state index in [1.807, 2.05) is 0 Å². The molecule has 0 bridgehead atoms. The van der Waals surface area contributed by atoms with Crippen LogP contribution in [0.5, 0.6) is 0 Å². The number of benzene rings is 1. The lowest BCUT2D eigenvalue weighted by Gasteiger charge is -2.27. The number of carbonyl (C=O) groups is 1. The second-order valence-corrected chi connectivity index (χ2v) is 11.0. The lowest BCUT2D eigenvalue weighted by Crippen LogP contribution is -2.40. The Labute approximate surface area is 181 Å². The third-order valence-corrected chi connectivity index (χ3v) is 8.21.